The first-order valence-electron chi connectivity index (χ1n) is 4.87. The Labute approximate surface area is 99.9 Å². The lowest BCUT2D eigenvalue weighted by atomic mass is 9.94. The number of ether oxygens (including phenoxy) is 1. The molecule has 0 aliphatic rings. The lowest BCUT2D eigenvalue weighted by Gasteiger charge is -2.22. The van der Waals surface area contributed by atoms with E-state index in [4.69, 9.17) is 4.74 Å². The molecule has 0 saturated carbocycles. The summed E-state index contributed by atoms with van der Waals surface area (Å²) in [4.78, 5) is 15.3. The van der Waals surface area contributed by atoms with Crippen LogP contribution in [0.3, 0.4) is 0 Å². The van der Waals surface area contributed by atoms with E-state index in [1.54, 1.807) is 25.0 Å². The molecule has 0 atom stereocenters. The summed E-state index contributed by atoms with van der Waals surface area (Å²) in [6.45, 7) is 3.72. The first-order valence-corrected chi connectivity index (χ1v) is 6.09. The zero-order chi connectivity index (χ0) is 12.2. The molecule has 3 nitrogen and oxygen atoms in total. The van der Waals surface area contributed by atoms with Crippen molar-refractivity contribution in [3.63, 3.8) is 0 Å². The van der Waals surface area contributed by atoms with Gasteiger partial charge in [0.25, 0.3) is 0 Å². The van der Waals surface area contributed by atoms with E-state index in [-0.39, 0.29) is 0 Å². The Morgan fingerprint density at radius 2 is 2.12 bits per heavy atom. The van der Waals surface area contributed by atoms with Gasteiger partial charge in [-0.05, 0) is 26.2 Å². The van der Waals surface area contributed by atoms with Crippen LogP contribution < -0.4 is 4.74 Å². The van der Waals surface area contributed by atoms with Gasteiger partial charge in [0.1, 0.15) is 5.75 Å². The fourth-order valence-electron chi connectivity index (χ4n) is 1.54. The molecule has 1 rings (SSSR count). The number of hydrogen-bond donors (Lipinski definition) is 0. The first-order chi connectivity index (χ1) is 7.56. The zero-order valence-electron chi connectivity index (χ0n) is 9.90. The van der Waals surface area contributed by atoms with Gasteiger partial charge in [-0.15, -0.1) is 11.8 Å². The molecule has 1 aromatic rings. The third-order valence-electron chi connectivity index (χ3n) is 2.39. The molecule has 0 aromatic heterocycles. The summed E-state index contributed by atoms with van der Waals surface area (Å²) in [6, 6.07) is 5.83. The second kappa shape index (κ2) is 5.19. The van der Waals surface area contributed by atoms with Crippen LogP contribution in [0.1, 0.15) is 19.4 Å². The molecule has 0 aliphatic carbocycles. The van der Waals surface area contributed by atoms with E-state index >= 15 is 0 Å². The zero-order valence-corrected chi connectivity index (χ0v) is 10.7. The summed E-state index contributed by atoms with van der Waals surface area (Å²) in [6.07, 6.45) is 3.59. The summed E-state index contributed by atoms with van der Waals surface area (Å²) in [7, 11) is 1.62. The van der Waals surface area contributed by atoms with Gasteiger partial charge in [0, 0.05) is 10.5 Å². The van der Waals surface area contributed by atoms with E-state index in [0.717, 1.165) is 16.2 Å². The largest absolute Gasteiger partial charge is 0.495 e. The van der Waals surface area contributed by atoms with Crippen molar-refractivity contribution in [1.82, 2.24) is 0 Å². The van der Waals surface area contributed by atoms with Crippen LogP contribution >= 0.6 is 11.8 Å². The monoisotopic (exact) mass is 237 g/mol. The molecule has 0 amide bonds. The van der Waals surface area contributed by atoms with Crippen LogP contribution in [0.15, 0.2) is 28.1 Å². The summed E-state index contributed by atoms with van der Waals surface area (Å²) < 4.78 is 5.39. The average Bonchev–Trinajstić information content (AvgIpc) is 2.27. The molecule has 0 saturated heterocycles. The highest BCUT2D eigenvalue weighted by atomic mass is 32.2. The topological polar surface area (TPSA) is 38.7 Å². The Kier molecular flexibility index (Phi) is 4.16. The van der Waals surface area contributed by atoms with E-state index in [0.29, 0.717) is 0 Å². The number of thioether (sulfide) groups is 1. The Bertz CT molecular complexity index is 423. The average molecular weight is 237 g/mol. The summed E-state index contributed by atoms with van der Waals surface area (Å²) in [5.74, 6) is 0.777. The van der Waals surface area contributed by atoms with E-state index in [9.17, 15) is 4.79 Å². The van der Waals surface area contributed by atoms with Crippen molar-refractivity contribution in [2.24, 2.45) is 4.99 Å². The van der Waals surface area contributed by atoms with Crippen LogP contribution in [0.5, 0.6) is 5.75 Å². The minimum Gasteiger partial charge on any atom is -0.495 e. The molecule has 0 heterocycles. The molecule has 0 spiro atoms. The molecule has 0 aliphatic heterocycles. The number of nitrogens with zero attached hydrogens (tertiary/aromatic N) is 1. The fourth-order valence-corrected chi connectivity index (χ4v) is 2.14. The molecular formula is C12H15NO2S. The highest BCUT2D eigenvalue weighted by Gasteiger charge is 2.25. The molecule has 86 valence electrons. The number of para-hydroxylation sites is 1. The van der Waals surface area contributed by atoms with Crippen molar-refractivity contribution in [2.75, 3.05) is 13.4 Å². The Morgan fingerprint density at radius 3 is 2.62 bits per heavy atom. The Hall–Kier alpha value is -1.25. The van der Waals surface area contributed by atoms with E-state index in [2.05, 4.69) is 4.99 Å². The van der Waals surface area contributed by atoms with Gasteiger partial charge in [0.05, 0.1) is 12.6 Å². The maximum Gasteiger partial charge on any atom is 0.235 e. The number of rotatable bonds is 4. The molecule has 0 unspecified atom stereocenters. The van der Waals surface area contributed by atoms with Crippen LogP contribution in [0.4, 0.5) is 0 Å². The second-order valence-corrected chi connectivity index (χ2v) is 4.65. The quantitative estimate of drug-likeness (QED) is 0.459. The fraction of sp³-hybridized carbons (Fsp3) is 0.417. The predicted octanol–water partition coefficient (Wildman–Crippen LogP) is 2.99. The summed E-state index contributed by atoms with van der Waals surface area (Å²) >= 11 is 1.60. The maximum atomic E-state index is 10.4. The van der Waals surface area contributed by atoms with Crippen molar-refractivity contribution in [1.29, 1.82) is 0 Å². The van der Waals surface area contributed by atoms with E-state index in [1.807, 2.05) is 38.3 Å². The Morgan fingerprint density at radius 1 is 1.44 bits per heavy atom. The molecule has 0 bridgehead atoms. The normalized spacial score (nSPS) is 10.8. The standard InChI is InChI=1S/C12H15NO2S/c1-12(2,13-8-14)9-6-5-7-10(16-4)11(9)15-3/h5-7H,1-4H3. The van der Waals surface area contributed by atoms with Gasteiger partial charge in [0.2, 0.25) is 6.08 Å². The van der Waals surface area contributed by atoms with Crippen molar-refractivity contribution in [3.05, 3.63) is 23.8 Å². The molecule has 4 heteroatoms. The third-order valence-corrected chi connectivity index (χ3v) is 3.15. The van der Waals surface area contributed by atoms with E-state index in [1.165, 1.54) is 0 Å². The number of methoxy groups -OCH3 is 1. The lowest BCUT2D eigenvalue weighted by Crippen LogP contribution is -2.15. The molecule has 0 radical (unpaired) electrons. The Balaban J connectivity index is 3.38. The van der Waals surface area contributed by atoms with Crippen molar-refractivity contribution in [2.45, 2.75) is 24.3 Å². The maximum absolute atomic E-state index is 10.4. The molecule has 1 aromatic carbocycles. The van der Waals surface area contributed by atoms with Gasteiger partial charge >= 0.3 is 0 Å². The van der Waals surface area contributed by atoms with Crippen LogP contribution in [-0.2, 0) is 10.3 Å². The van der Waals surface area contributed by atoms with Gasteiger partial charge in [-0.2, -0.15) is 4.99 Å². The van der Waals surface area contributed by atoms with Crippen LogP contribution in [-0.4, -0.2) is 19.4 Å². The summed E-state index contributed by atoms with van der Waals surface area (Å²) in [5.41, 5.74) is 0.281. The van der Waals surface area contributed by atoms with Gasteiger partial charge < -0.3 is 4.74 Å². The van der Waals surface area contributed by atoms with Crippen molar-refractivity contribution >= 4 is 17.8 Å². The lowest BCUT2D eigenvalue weighted by molar-refractivity contribution is 0.385. The first kappa shape index (κ1) is 12.8. The van der Waals surface area contributed by atoms with E-state index < -0.39 is 5.54 Å². The molecule has 0 N–H and O–H groups in total. The van der Waals surface area contributed by atoms with Gasteiger partial charge in [-0.3, -0.25) is 0 Å². The highest BCUT2D eigenvalue weighted by Crippen LogP contribution is 2.38. The summed E-state index contributed by atoms with van der Waals surface area (Å²) in [5, 5.41) is 0. The highest BCUT2D eigenvalue weighted by molar-refractivity contribution is 7.98. The number of isocyanates is 1. The molecule has 0 fully saturated rings. The predicted molar refractivity (Wildman–Crippen MR) is 65.9 cm³/mol. The number of carbonyl (C=O) groups excluding carboxylic acids is 1. The van der Waals surface area contributed by atoms with Crippen molar-refractivity contribution in [3.8, 4) is 5.75 Å². The van der Waals surface area contributed by atoms with Gasteiger partial charge in [0.15, 0.2) is 0 Å². The van der Waals surface area contributed by atoms with Crippen molar-refractivity contribution < 1.29 is 9.53 Å². The number of hydrogen-bond acceptors (Lipinski definition) is 4. The van der Waals surface area contributed by atoms with Crippen LogP contribution in [0.25, 0.3) is 0 Å². The smallest absolute Gasteiger partial charge is 0.235 e. The SMILES string of the molecule is COc1c(SC)cccc1C(C)(C)N=C=O. The minimum absolute atomic E-state index is 0.612. The van der Waals surface area contributed by atoms with Crippen LogP contribution in [0, 0.1) is 0 Å². The molecule has 16 heavy (non-hydrogen) atoms. The minimum atomic E-state index is -0.612. The second-order valence-electron chi connectivity index (χ2n) is 3.80. The van der Waals surface area contributed by atoms with Crippen LogP contribution in [0.2, 0.25) is 0 Å². The number of aliphatic imine (C=N–C) groups is 1. The third kappa shape index (κ3) is 2.46. The number of benzene rings is 1. The van der Waals surface area contributed by atoms with Gasteiger partial charge in [-0.1, -0.05) is 12.1 Å². The molecular weight excluding hydrogens is 222 g/mol. The van der Waals surface area contributed by atoms with Gasteiger partial charge in [-0.25, -0.2) is 4.79 Å².